The van der Waals surface area contributed by atoms with E-state index in [0.717, 1.165) is 16.7 Å². The minimum absolute atomic E-state index is 0. The third-order valence-electron chi connectivity index (χ3n) is 6.11. The summed E-state index contributed by atoms with van der Waals surface area (Å²) in [5.74, 6) is 0.550. The summed E-state index contributed by atoms with van der Waals surface area (Å²) in [4.78, 5) is 4.06. The van der Waals surface area contributed by atoms with E-state index in [9.17, 15) is 8.42 Å². The summed E-state index contributed by atoms with van der Waals surface area (Å²) in [6, 6.07) is 14.2. The minimum Gasteiger partial charge on any atom is -0.316 e. The van der Waals surface area contributed by atoms with Gasteiger partial charge in [0.05, 0.1) is 11.4 Å². The van der Waals surface area contributed by atoms with Gasteiger partial charge in [0.15, 0.2) is 0 Å². The van der Waals surface area contributed by atoms with E-state index in [4.69, 9.17) is 0 Å². The molecule has 2 heterocycles. The van der Waals surface area contributed by atoms with Gasteiger partial charge in [-0.2, -0.15) is 0 Å². The number of hydrogen-bond acceptors (Lipinski definition) is 4. The number of nitrogens with one attached hydrogen (secondary N) is 1. The monoisotopic (exact) mass is 521 g/mol. The molecule has 8 heteroatoms. The molecule has 184 valence electrons. The van der Waals surface area contributed by atoms with Gasteiger partial charge in [0.1, 0.15) is 0 Å². The summed E-state index contributed by atoms with van der Waals surface area (Å²) in [7, 11) is -1.69. The van der Waals surface area contributed by atoms with Crippen LogP contribution in [0.15, 0.2) is 67.1 Å². The zero-order valence-corrected chi connectivity index (χ0v) is 21.8. The third-order valence-corrected chi connectivity index (χ3v) is 7.62. The van der Waals surface area contributed by atoms with Gasteiger partial charge in [-0.3, -0.25) is 4.98 Å². The predicted octanol–water partition coefficient (Wildman–Crippen LogP) is 6.05. The normalized spacial score (nSPS) is 14.5. The highest BCUT2D eigenvalue weighted by Gasteiger charge is 2.20. The standard InChI is InChI=1S/C26H31N3O2S.2ClH/c1-27-18-22-17-26(25-13-11-24(12-14-25)23-9-3-2-4-10-23)29(20-22)32(30,31)16-6-8-21-7-5-15-28-19-21;;/h5-8,11-15,17,19-20,23,27H,2-4,9-10,16,18H2,1H3;2*1H. The van der Waals surface area contributed by atoms with Crippen LogP contribution in [0.5, 0.6) is 0 Å². The van der Waals surface area contributed by atoms with Gasteiger partial charge in [-0.1, -0.05) is 61.7 Å². The quantitative estimate of drug-likeness (QED) is 0.391. The number of pyridine rings is 1. The van der Waals surface area contributed by atoms with Crippen molar-refractivity contribution in [2.45, 2.75) is 44.6 Å². The van der Waals surface area contributed by atoms with Gasteiger partial charge >= 0.3 is 0 Å². The Morgan fingerprint density at radius 1 is 1.09 bits per heavy atom. The fourth-order valence-electron chi connectivity index (χ4n) is 4.46. The van der Waals surface area contributed by atoms with E-state index in [0.29, 0.717) is 18.2 Å². The molecule has 1 aliphatic rings. The van der Waals surface area contributed by atoms with Crippen molar-refractivity contribution in [3.05, 3.63) is 83.8 Å². The molecule has 1 aliphatic carbocycles. The van der Waals surface area contributed by atoms with Crippen molar-refractivity contribution in [2.24, 2.45) is 0 Å². The molecule has 1 N–H and O–H groups in total. The maximum Gasteiger partial charge on any atom is 0.242 e. The number of rotatable bonds is 8. The molecule has 0 amide bonds. The summed E-state index contributed by atoms with van der Waals surface area (Å²) in [6.45, 7) is 0.612. The molecule has 0 spiro atoms. The smallest absolute Gasteiger partial charge is 0.242 e. The van der Waals surface area contributed by atoms with Crippen molar-refractivity contribution in [3.63, 3.8) is 0 Å². The minimum atomic E-state index is -3.56. The summed E-state index contributed by atoms with van der Waals surface area (Å²) in [5, 5.41) is 3.12. The number of nitrogens with zero attached hydrogens (tertiary/aromatic N) is 2. The summed E-state index contributed by atoms with van der Waals surface area (Å²) in [6.07, 6.45) is 15.0. The van der Waals surface area contributed by atoms with Crippen LogP contribution in [0.4, 0.5) is 0 Å². The van der Waals surface area contributed by atoms with E-state index >= 15 is 0 Å². The Morgan fingerprint density at radius 3 is 2.47 bits per heavy atom. The van der Waals surface area contributed by atoms with Crippen LogP contribution in [0.3, 0.4) is 0 Å². The Hall–Kier alpha value is -2.12. The van der Waals surface area contributed by atoms with E-state index < -0.39 is 10.0 Å². The number of halogens is 2. The first kappa shape index (κ1) is 28.1. The molecule has 0 aliphatic heterocycles. The van der Waals surface area contributed by atoms with Crippen molar-refractivity contribution in [1.82, 2.24) is 14.3 Å². The lowest BCUT2D eigenvalue weighted by Gasteiger charge is -2.22. The molecule has 34 heavy (non-hydrogen) atoms. The van der Waals surface area contributed by atoms with Crippen molar-refractivity contribution in [3.8, 4) is 11.3 Å². The van der Waals surface area contributed by atoms with Gasteiger partial charge < -0.3 is 5.32 Å². The van der Waals surface area contributed by atoms with Crippen LogP contribution in [0, 0.1) is 0 Å². The average molecular weight is 523 g/mol. The van der Waals surface area contributed by atoms with Gasteiger partial charge in [-0.05, 0) is 60.2 Å². The first-order valence-electron chi connectivity index (χ1n) is 11.3. The van der Waals surface area contributed by atoms with Crippen molar-refractivity contribution in [2.75, 3.05) is 12.8 Å². The maximum atomic E-state index is 13.2. The molecule has 3 aromatic rings. The summed E-state index contributed by atoms with van der Waals surface area (Å²) in [5.41, 5.74) is 4.82. The van der Waals surface area contributed by atoms with Crippen LogP contribution < -0.4 is 5.32 Å². The average Bonchev–Trinajstić information content (AvgIpc) is 3.26. The molecule has 4 rings (SSSR count). The second-order valence-corrected chi connectivity index (χ2v) is 10.4. The second-order valence-electron chi connectivity index (χ2n) is 8.48. The fourth-order valence-corrected chi connectivity index (χ4v) is 5.71. The van der Waals surface area contributed by atoms with Crippen molar-refractivity contribution < 1.29 is 8.42 Å². The Labute approximate surface area is 215 Å². The van der Waals surface area contributed by atoms with E-state index in [1.165, 1.54) is 41.6 Å². The van der Waals surface area contributed by atoms with Crippen LogP contribution in [0.1, 0.15) is 54.7 Å². The van der Waals surface area contributed by atoms with E-state index in [1.54, 1.807) is 30.7 Å². The summed E-state index contributed by atoms with van der Waals surface area (Å²) >= 11 is 0. The molecule has 1 fully saturated rings. The van der Waals surface area contributed by atoms with Crippen LogP contribution in [-0.4, -0.2) is 30.2 Å². The molecular formula is C26H33Cl2N3O2S. The number of benzene rings is 1. The van der Waals surface area contributed by atoms with Crippen LogP contribution in [-0.2, 0) is 16.6 Å². The van der Waals surface area contributed by atoms with Gasteiger partial charge in [0.2, 0.25) is 10.0 Å². The zero-order chi connectivity index (χ0) is 22.4. The van der Waals surface area contributed by atoms with Crippen LogP contribution in [0.2, 0.25) is 0 Å². The van der Waals surface area contributed by atoms with Crippen molar-refractivity contribution >= 4 is 40.9 Å². The Morgan fingerprint density at radius 2 is 1.82 bits per heavy atom. The van der Waals surface area contributed by atoms with Gasteiger partial charge in [-0.25, -0.2) is 12.4 Å². The molecule has 2 aromatic heterocycles. The first-order chi connectivity index (χ1) is 15.6. The predicted molar refractivity (Wildman–Crippen MR) is 145 cm³/mol. The molecule has 5 nitrogen and oxygen atoms in total. The molecule has 0 bridgehead atoms. The Balaban J connectivity index is 0.00000204. The SMILES string of the molecule is CNCc1cc(-c2ccc(C3CCCCC3)cc2)n(S(=O)(=O)CC=Cc2cccnc2)c1.Cl.Cl. The highest BCUT2D eigenvalue weighted by molar-refractivity contribution is 7.90. The lowest BCUT2D eigenvalue weighted by molar-refractivity contribution is 0.443. The number of aromatic nitrogens is 2. The maximum absolute atomic E-state index is 13.2. The Bertz CT molecular complexity index is 1150. The molecule has 0 radical (unpaired) electrons. The summed E-state index contributed by atoms with van der Waals surface area (Å²) < 4.78 is 27.9. The van der Waals surface area contributed by atoms with E-state index in [2.05, 4.69) is 34.6 Å². The fraction of sp³-hybridized carbons (Fsp3) is 0.346. The van der Waals surface area contributed by atoms with Gasteiger partial charge in [0.25, 0.3) is 0 Å². The zero-order valence-electron chi connectivity index (χ0n) is 19.4. The molecule has 0 unspecified atom stereocenters. The van der Waals surface area contributed by atoms with Gasteiger partial charge in [-0.15, -0.1) is 24.8 Å². The molecule has 1 aromatic carbocycles. The first-order valence-corrected chi connectivity index (χ1v) is 12.9. The van der Waals surface area contributed by atoms with Crippen LogP contribution >= 0.6 is 24.8 Å². The third kappa shape index (κ3) is 6.95. The Kier molecular flexibility index (Phi) is 10.8. The van der Waals surface area contributed by atoms with Crippen molar-refractivity contribution in [1.29, 1.82) is 0 Å². The van der Waals surface area contributed by atoms with E-state index in [1.807, 2.05) is 25.2 Å². The molecule has 0 atom stereocenters. The lowest BCUT2D eigenvalue weighted by Crippen LogP contribution is -2.15. The lowest BCUT2D eigenvalue weighted by atomic mass is 9.84. The van der Waals surface area contributed by atoms with Crippen LogP contribution in [0.25, 0.3) is 17.3 Å². The largest absolute Gasteiger partial charge is 0.316 e. The number of hydrogen-bond donors (Lipinski definition) is 1. The molecule has 1 saturated carbocycles. The molecular weight excluding hydrogens is 489 g/mol. The van der Waals surface area contributed by atoms with E-state index in [-0.39, 0.29) is 30.6 Å². The molecule has 0 saturated heterocycles. The highest BCUT2D eigenvalue weighted by Crippen LogP contribution is 2.34. The topological polar surface area (TPSA) is 64.0 Å². The second kappa shape index (κ2) is 13.1. The highest BCUT2D eigenvalue weighted by atomic mass is 35.5. The van der Waals surface area contributed by atoms with Gasteiger partial charge in [0, 0.05) is 25.1 Å².